The molecule has 0 spiro atoms. The molecule has 0 aromatic heterocycles. The van der Waals surface area contributed by atoms with Crippen LogP contribution in [0.2, 0.25) is 0 Å². The zero-order valence-electron chi connectivity index (χ0n) is 19.5. The van der Waals surface area contributed by atoms with Crippen molar-refractivity contribution in [3.05, 3.63) is 70.6 Å². The van der Waals surface area contributed by atoms with Crippen LogP contribution in [0.1, 0.15) is 29.5 Å². The van der Waals surface area contributed by atoms with E-state index >= 15 is 0 Å². The fourth-order valence-electron chi connectivity index (χ4n) is 3.58. The number of rotatable bonds is 10. The third-order valence-corrected chi connectivity index (χ3v) is 6.61. The Bertz CT molecular complexity index is 1040. The van der Waals surface area contributed by atoms with Gasteiger partial charge in [-0.1, -0.05) is 42.0 Å². The van der Waals surface area contributed by atoms with E-state index in [1.165, 1.54) is 6.08 Å². The third kappa shape index (κ3) is 7.99. The van der Waals surface area contributed by atoms with Crippen molar-refractivity contribution >= 4 is 27.7 Å². The minimum Gasteiger partial charge on any atom is -0.378 e. The van der Waals surface area contributed by atoms with E-state index in [2.05, 4.69) is 4.72 Å². The Labute approximate surface area is 197 Å². The minimum absolute atomic E-state index is 0.0203. The van der Waals surface area contributed by atoms with Crippen LogP contribution in [0.3, 0.4) is 0 Å². The Morgan fingerprint density at radius 2 is 1.82 bits per heavy atom. The molecule has 1 atom stereocenters. The van der Waals surface area contributed by atoms with Crippen LogP contribution in [0.25, 0.3) is 6.08 Å². The van der Waals surface area contributed by atoms with Gasteiger partial charge in [-0.15, -0.1) is 0 Å². The highest BCUT2D eigenvalue weighted by Gasteiger charge is 2.23. The largest absolute Gasteiger partial charge is 0.378 e. The summed E-state index contributed by atoms with van der Waals surface area (Å²) in [6, 6.07) is 15.5. The first kappa shape index (κ1) is 25.0. The van der Waals surface area contributed by atoms with Gasteiger partial charge in [0.2, 0.25) is 15.9 Å². The molecule has 33 heavy (non-hydrogen) atoms. The molecular formula is C25H33N3O4S. The molecule has 1 heterocycles. The first-order valence-corrected chi connectivity index (χ1v) is 12.7. The monoisotopic (exact) mass is 471 g/mol. The molecule has 1 saturated heterocycles. The summed E-state index contributed by atoms with van der Waals surface area (Å²) in [7, 11) is 0.199. The quantitative estimate of drug-likeness (QED) is 0.576. The molecule has 1 amide bonds. The molecule has 0 aliphatic carbocycles. The Kier molecular flexibility index (Phi) is 8.66. The van der Waals surface area contributed by atoms with Crippen LogP contribution >= 0.6 is 0 Å². The number of aryl methyl sites for hydroxylation is 1. The van der Waals surface area contributed by atoms with Gasteiger partial charge in [0.15, 0.2) is 0 Å². The molecule has 8 heteroatoms. The van der Waals surface area contributed by atoms with Gasteiger partial charge in [0, 0.05) is 44.9 Å². The Morgan fingerprint density at radius 1 is 1.12 bits per heavy atom. The number of sulfonamides is 1. The maximum Gasteiger partial charge on any atom is 0.238 e. The second kappa shape index (κ2) is 11.4. The number of nitrogens with one attached hydrogen (secondary N) is 1. The van der Waals surface area contributed by atoms with E-state index in [1.807, 2.05) is 74.4 Å². The summed E-state index contributed by atoms with van der Waals surface area (Å²) >= 11 is 0. The van der Waals surface area contributed by atoms with Crippen LogP contribution in [-0.4, -0.2) is 59.1 Å². The van der Waals surface area contributed by atoms with Gasteiger partial charge in [0.1, 0.15) is 0 Å². The maximum atomic E-state index is 13.0. The van der Waals surface area contributed by atoms with E-state index in [0.717, 1.165) is 40.6 Å². The number of carbonyl (C=O) groups is 1. The lowest BCUT2D eigenvalue weighted by molar-refractivity contribution is -0.132. The fourth-order valence-corrected chi connectivity index (χ4v) is 4.33. The first-order valence-electron chi connectivity index (χ1n) is 11.1. The van der Waals surface area contributed by atoms with Crippen molar-refractivity contribution in [1.29, 1.82) is 0 Å². The molecular weight excluding hydrogens is 438 g/mol. The fraction of sp³-hybridized carbons (Fsp3) is 0.400. The summed E-state index contributed by atoms with van der Waals surface area (Å²) < 4.78 is 32.9. The second-order valence-corrected chi connectivity index (χ2v) is 10.2. The summed E-state index contributed by atoms with van der Waals surface area (Å²) in [5.74, 6) is -0.283. The molecule has 1 N–H and O–H groups in total. The predicted octanol–water partition coefficient (Wildman–Crippen LogP) is 3.16. The SMILES string of the molecule is Cc1ccc(/C=C\S(=O)(=O)NCC(=O)N(Cc2ccc(N(C)C)cc2)C[C@H]2CCCO2)cc1. The summed E-state index contributed by atoms with van der Waals surface area (Å²) in [6.45, 7) is 3.20. The van der Waals surface area contributed by atoms with Crippen molar-refractivity contribution in [2.75, 3.05) is 38.7 Å². The van der Waals surface area contributed by atoms with Crippen LogP contribution < -0.4 is 9.62 Å². The lowest BCUT2D eigenvalue weighted by atomic mass is 10.1. The molecule has 0 unspecified atom stereocenters. The zero-order valence-corrected chi connectivity index (χ0v) is 20.3. The van der Waals surface area contributed by atoms with Crippen molar-refractivity contribution in [3.8, 4) is 0 Å². The van der Waals surface area contributed by atoms with Crippen molar-refractivity contribution in [3.63, 3.8) is 0 Å². The van der Waals surface area contributed by atoms with Gasteiger partial charge in [0.25, 0.3) is 0 Å². The predicted molar refractivity (Wildman–Crippen MR) is 132 cm³/mol. The van der Waals surface area contributed by atoms with Crippen molar-refractivity contribution in [1.82, 2.24) is 9.62 Å². The number of hydrogen-bond donors (Lipinski definition) is 1. The van der Waals surface area contributed by atoms with Crippen LogP contribution in [0.15, 0.2) is 53.9 Å². The number of carbonyl (C=O) groups excluding carboxylic acids is 1. The van der Waals surface area contributed by atoms with Crippen molar-refractivity contribution in [2.24, 2.45) is 0 Å². The normalized spacial score (nSPS) is 16.3. The van der Waals surface area contributed by atoms with Crippen LogP contribution in [0.5, 0.6) is 0 Å². The van der Waals surface area contributed by atoms with Gasteiger partial charge in [-0.2, -0.15) is 0 Å². The summed E-state index contributed by atoms with van der Waals surface area (Å²) in [5, 5.41) is 1.09. The summed E-state index contributed by atoms with van der Waals surface area (Å²) in [5.41, 5.74) is 3.93. The van der Waals surface area contributed by atoms with E-state index in [0.29, 0.717) is 19.7 Å². The molecule has 0 radical (unpaired) electrons. The minimum atomic E-state index is -3.75. The molecule has 0 bridgehead atoms. The van der Waals surface area contributed by atoms with E-state index < -0.39 is 10.0 Å². The number of anilines is 1. The van der Waals surface area contributed by atoms with Gasteiger partial charge in [-0.3, -0.25) is 4.79 Å². The zero-order chi connectivity index (χ0) is 23.8. The molecule has 2 aromatic rings. The van der Waals surface area contributed by atoms with E-state index in [1.54, 1.807) is 4.90 Å². The van der Waals surface area contributed by atoms with E-state index in [4.69, 9.17) is 4.74 Å². The average Bonchev–Trinajstić information content (AvgIpc) is 3.30. The molecule has 1 fully saturated rings. The molecule has 3 rings (SSSR count). The maximum absolute atomic E-state index is 13.0. The first-order chi connectivity index (χ1) is 15.7. The third-order valence-electron chi connectivity index (χ3n) is 5.57. The lowest BCUT2D eigenvalue weighted by Gasteiger charge is -2.26. The molecule has 178 valence electrons. The molecule has 7 nitrogen and oxygen atoms in total. The highest BCUT2D eigenvalue weighted by Crippen LogP contribution is 2.17. The number of nitrogens with zero attached hydrogens (tertiary/aromatic N) is 2. The smallest absolute Gasteiger partial charge is 0.238 e. The van der Waals surface area contributed by atoms with E-state index in [9.17, 15) is 13.2 Å². The van der Waals surface area contributed by atoms with Gasteiger partial charge in [-0.25, -0.2) is 13.1 Å². The average molecular weight is 472 g/mol. The Balaban J connectivity index is 1.63. The molecule has 0 saturated carbocycles. The van der Waals surface area contributed by atoms with Gasteiger partial charge in [-0.05, 0) is 49.1 Å². The highest BCUT2D eigenvalue weighted by atomic mass is 32.2. The topological polar surface area (TPSA) is 79.0 Å². The number of ether oxygens (including phenoxy) is 1. The van der Waals surface area contributed by atoms with Crippen LogP contribution in [0, 0.1) is 6.92 Å². The van der Waals surface area contributed by atoms with Crippen LogP contribution in [0.4, 0.5) is 5.69 Å². The number of benzene rings is 2. The lowest BCUT2D eigenvalue weighted by Crippen LogP contribution is -2.42. The Morgan fingerprint density at radius 3 is 2.42 bits per heavy atom. The number of amides is 1. The summed E-state index contributed by atoms with van der Waals surface area (Å²) in [4.78, 5) is 16.7. The standard InChI is InChI=1S/C25H33N3O4S/c1-20-6-8-21(9-7-20)14-16-33(30,31)26-17-25(29)28(19-24-5-4-15-32-24)18-22-10-12-23(13-11-22)27(2)3/h6-14,16,24,26H,4-5,15,17-19H2,1-3H3/b16-14-/t24-/m1/s1. The second-order valence-electron chi connectivity index (χ2n) is 8.55. The van der Waals surface area contributed by atoms with Crippen molar-refractivity contribution in [2.45, 2.75) is 32.4 Å². The molecule has 1 aliphatic heterocycles. The molecule has 1 aliphatic rings. The highest BCUT2D eigenvalue weighted by molar-refractivity contribution is 7.92. The van der Waals surface area contributed by atoms with Crippen molar-refractivity contribution < 1.29 is 17.9 Å². The Hall–Kier alpha value is -2.68. The van der Waals surface area contributed by atoms with Gasteiger partial charge < -0.3 is 14.5 Å². The summed E-state index contributed by atoms with van der Waals surface area (Å²) in [6.07, 6.45) is 3.37. The van der Waals surface area contributed by atoms with E-state index in [-0.39, 0.29) is 18.6 Å². The van der Waals surface area contributed by atoms with Gasteiger partial charge >= 0.3 is 0 Å². The van der Waals surface area contributed by atoms with Crippen LogP contribution in [-0.2, 0) is 26.1 Å². The molecule has 2 aromatic carbocycles. The van der Waals surface area contributed by atoms with Gasteiger partial charge in [0.05, 0.1) is 12.6 Å². The number of hydrogen-bond acceptors (Lipinski definition) is 5.